The van der Waals surface area contributed by atoms with Crippen LogP contribution >= 0.6 is 0 Å². The highest BCUT2D eigenvalue weighted by Crippen LogP contribution is 2.31. The van der Waals surface area contributed by atoms with Gasteiger partial charge in [0.15, 0.2) is 11.5 Å². The first-order valence-corrected chi connectivity index (χ1v) is 7.41. The Kier molecular flexibility index (Phi) is 4.05. The first kappa shape index (κ1) is 17.0. The van der Waals surface area contributed by atoms with Gasteiger partial charge in [-0.3, -0.25) is 0 Å². The number of carbonyl (C=O) groups is 2. The monoisotopic (exact) mass is 351 g/mol. The number of pyridine rings is 1. The number of benzene rings is 2. The van der Waals surface area contributed by atoms with Gasteiger partial charge in [0.05, 0.1) is 22.3 Å². The Balaban J connectivity index is 2.16. The standard InChI is InChI=1S/C19H13NO6/c1-9(10-2-5-16(21)17(22)8-10)14-4-3-12-13(19(25)26)6-11(18(23)24)7-15(12)20-14/h2-8,21-22H,1H2,(H,23,24)(H,25,26). The molecule has 0 unspecified atom stereocenters. The predicted octanol–water partition coefficient (Wildman–Crippen LogP) is 3.10. The van der Waals surface area contributed by atoms with Crippen LogP contribution in [0.2, 0.25) is 0 Å². The lowest BCUT2D eigenvalue weighted by Crippen LogP contribution is -2.04. The number of hydrogen-bond donors (Lipinski definition) is 4. The van der Waals surface area contributed by atoms with Crippen molar-refractivity contribution < 1.29 is 30.0 Å². The minimum Gasteiger partial charge on any atom is -0.504 e. The molecule has 0 aliphatic rings. The number of hydrogen-bond acceptors (Lipinski definition) is 5. The van der Waals surface area contributed by atoms with Crippen molar-refractivity contribution in [3.8, 4) is 11.5 Å². The van der Waals surface area contributed by atoms with E-state index in [9.17, 15) is 30.0 Å². The molecule has 0 aliphatic heterocycles. The molecule has 0 fully saturated rings. The molecule has 0 spiro atoms. The zero-order chi connectivity index (χ0) is 19.0. The van der Waals surface area contributed by atoms with Gasteiger partial charge in [0, 0.05) is 11.0 Å². The van der Waals surface area contributed by atoms with Gasteiger partial charge in [0.1, 0.15) is 0 Å². The van der Waals surface area contributed by atoms with Gasteiger partial charge in [-0.2, -0.15) is 0 Å². The number of nitrogens with zero attached hydrogens (tertiary/aromatic N) is 1. The zero-order valence-corrected chi connectivity index (χ0v) is 13.3. The molecule has 0 aliphatic carbocycles. The fraction of sp³-hybridized carbons (Fsp3) is 0. The van der Waals surface area contributed by atoms with Crippen LogP contribution in [0.25, 0.3) is 16.5 Å². The van der Waals surface area contributed by atoms with Gasteiger partial charge in [-0.1, -0.05) is 12.6 Å². The van der Waals surface area contributed by atoms with E-state index in [1.54, 1.807) is 12.1 Å². The molecule has 4 N–H and O–H groups in total. The smallest absolute Gasteiger partial charge is 0.336 e. The third kappa shape index (κ3) is 2.93. The lowest BCUT2D eigenvalue weighted by atomic mass is 10.00. The summed E-state index contributed by atoms with van der Waals surface area (Å²) >= 11 is 0. The molecule has 3 aromatic rings. The van der Waals surface area contributed by atoms with E-state index in [0.29, 0.717) is 22.2 Å². The second kappa shape index (κ2) is 6.21. The summed E-state index contributed by atoms with van der Waals surface area (Å²) in [7, 11) is 0. The molecule has 1 aromatic heterocycles. The molecule has 130 valence electrons. The molecule has 3 rings (SSSR count). The third-order valence-corrected chi connectivity index (χ3v) is 3.92. The molecule has 0 saturated heterocycles. The van der Waals surface area contributed by atoms with Gasteiger partial charge in [0.25, 0.3) is 0 Å². The number of phenolic OH excluding ortho intramolecular Hbond substituents is 2. The van der Waals surface area contributed by atoms with Crippen molar-refractivity contribution in [2.45, 2.75) is 0 Å². The Morgan fingerprint density at radius 1 is 0.846 bits per heavy atom. The van der Waals surface area contributed by atoms with E-state index in [4.69, 9.17) is 0 Å². The summed E-state index contributed by atoms with van der Waals surface area (Å²) in [5, 5.41) is 37.8. The summed E-state index contributed by atoms with van der Waals surface area (Å²) in [6.45, 7) is 3.90. The largest absolute Gasteiger partial charge is 0.504 e. The first-order valence-electron chi connectivity index (χ1n) is 7.41. The van der Waals surface area contributed by atoms with Gasteiger partial charge in [0.2, 0.25) is 0 Å². The molecule has 7 nitrogen and oxygen atoms in total. The highest BCUT2D eigenvalue weighted by molar-refractivity contribution is 6.06. The summed E-state index contributed by atoms with van der Waals surface area (Å²) in [5.74, 6) is -3.10. The third-order valence-electron chi connectivity index (χ3n) is 3.92. The Morgan fingerprint density at radius 2 is 1.58 bits per heavy atom. The van der Waals surface area contributed by atoms with Crippen LogP contribution in [0.5, 0.6) is 11.5 Å². The maximum atomic E-state index is 11.4. The molecular formula is C19H13NO6. The van der Waals surface area contributed by atoms with Crippen LogP contribution in [0.1, 0.15) is 32.0 Å². The van der Waals surface area contributed by atoms with E-state index in [1.165, 1.54) is 24.3 Å². The van der Waals surface area contributed by atoms with Crippen molar-refractivity contribution in [2.75, 3.05) is 0 Å². The van der Waals surface area contributed by atoms with E-state index in [0.717, 1.165) is 6.07 Å². The quantitative estimate of drug-likeness (QED) is 0.532. The van der Waals surface area contributed by atoms with E-state index < -0.39 is 11.9 Å². The van der Waals surface area contributed by atoms with Crippen molar-refractivity contribution in [3.05, 3.63) is 71.4 Å². The maximum Gasteiger partial charge on any atom is 0.336 e. The van der Waals surface area contributed by atoms with E-state index in [-0.39, 0.29) is 28.1 Å². The van der Waals surface area contributed by atoms with E-state index >= 15 is 0 Å². The van der Waals surface area contributed by atoms with Crippen molar-refractivity contribution in [2.24, 2.45) is 0 Å². The number of aromatic hydroxyl groups is 2. The molecule has 0 amide bonds. The topological polar surface area (TPSA) is 128 Å². The summed E-state index contributed by atoms with van der Waals surface area (Å²) < 4.78 is 0. The number of aromatic nitrogens is 1. The molecular weight excluding hydrogens is 338 g/mol. The van der Waals surface area contributed by atoms with Gasteiger partial charge in [-0.25, -0.2) is 14.6 Å². The Labute approximate surface area is 147 Å². The van der Waals surface area contributed by atoms with Crippen LogP contribution < -0.4 is 0 Å². The fourth-order valence-electron chi connectivity index (χ4n) is 2.56. The van der Waals surface area contributed by atoms with Crippen molar-refractivity contribution in [1.82, 2.24) is 4.98 Å². The summed E-state index contributed by atoms with van der Waals surface area (Å²) in [4.78, 5) is 27.0. The van der Waals surface area contributed by atoms with Gasteiger partial charge in [-0.05, 0) is 42.0 Å². The van der Waals surface area contributed by atoms with E-state index in [1.807, 2.05) is 0 Å². The van der Waals surface area contributed by atoms with Crippen LogP contribution in [0.4, 0.5) is 0 Å². The van der Waals surface area contributed by atoms with Crippen molar-refractivity contribution in [3.63, 3.8) is 0 Å². The molecule has 0 radical (unpaired) electrons. The normalized spacial score (nSPS) is 10.6. The maximum absolute atomic E-state index is 11.4. The summed E-state index contributed by atoms with van der Waals surface area (Å²) in [5.41, 5.74) is 1.14. The Morgan fingerprint density at radius 3 is 2.19 bits per heavy atom. The molecule has 7 heteroatoms. The number of carboxylic acid groups (broad SMARTS) is 2. The van der Waals surface area contributed by atoms with Crippen LogP contribution in [0.3, 0.4) is 0 Å². The van der Waals surface area contributed by atoms with Crippen LogP contribution in [0, 0.1) is 0 Å². The molecule has 26 heavy (non-hydrogen) atoms. The number of fused-ring (bicyclic) bond motifs is 1. The summed E-state index contributed by atoms with van der Waals surface area (Å²) in [6.07, 6.45) is 0. The molecule has 0 saturated carbocycles. The zero-order valence-electron chi connectivity index (χ0n) is 13.3. The number of phenols is 2. The Hall–Kier alpha value is -3.87. The highest BCUT2D eigenvalue weighted by atomic mass is 16.4. The number of aromatic carboxylic acids is 2. The number of carboxylic acids is 2. The molecule has 2 aromatic carbocycles. The van der Waals surface area contributed by atoms with Gasteiger partial charge < -0.3 is 20.4 Å². The lowest BCUT2D eigenvalue weighted by molar-refractivity contribution is 0.0696. The van der Waals surface area contributed by atoms with E-state index in [2.05, 4.69) is 11.6 Å². The lowest BCUT2D eigenvalue weighted by Gasteiger charge is -2.10. The van der Waals surface area contributed by atoms with Crippen molar-refractivity contribution in [1.29, 1.82) is 0 Å². The fourth-order valence-corrected chi connectivity index (χ4v) is 2.56. The minimum absolute atomic E-state index is 0.160. The van der Waals surface area contributed by atoms with Crippen molar-refractivity contribution >= 4 is 28.4 Å². The second-order valence-corrected chi connectivity index (χ2v) is 5.58. The minimum atomic E-state index is -1.26. The predicted molar refractivity (Wildman–Crippen MR) is 93.6 cm³/mol. The molecule has 0 bridgehead atoms. The average molecular weight is 351 g/mol. The van der Waals surface area contributed by atoms with Gasteiger partial charge >= 0.3 is 11.9 Å². The highest BCUT2D eigenvalue weighted by Gasteiger charge is 2.16. The molecule has 1 heterocycles. The van der Waals surface area contributed by atoms with Crippen LogP contribution in [0.15, 0.2) is 49.0 Å². The van der Waals surface area contributed by atoms with Crippen LogP contribution in [-0.2, 0) is 0 Å². The van der Waals surface area contributed by atoms with Gasteiger partial charge in [-0.15, -0.1) is 0 Å². The number of rotatable bonds is 4. The first-order chi connectivity index (χ1) is 12.3. The molecule has 0 atom stereocenters. The van der Waals surface area contributed by atoms with Crippen LogP contribution in [-0.4, -0.2) is 37.3 Å². The Bertz CT molecular complexity index is 1090. The average Bonchev–Trinajstić information content (AvgIpc) is 2.61. The summed E-state index contributed by atoms with van der Waals surface area (Å²) in [6, 6.07) is 9.62. The SMILES string of the molecule is C=C(c1ccc(O)c(O)c1)c1ccc2c(C(=O)O)cc(C(=O)O)cc2n1. The second-order valence-electron chi connectivity index (χ2n) is 5.58.